The van der Waals surface area contributed by atoms with E-state index in [2.05, 4.69) is 9.97 Å². The summed E-state index contributed by atoms with van der Waals surface area (Å²) in [6.45, 7) is 3.39. The first kappa shape index (κ1) is 17.7. The lowest BCUT2D eigenvalue weighted by molar-refractivity contribution is -0.401. The molecule has 0 spiro atoms. The average molecular weight is 347 g/mol. The van der Waals surface area contributed by atoms with E-state index in [1.807, 2.05) is 0 Å². The van der Waals surface area contributed by atoms with Gasteiger partial charge >= 0.3 is 5.88 Å². The number of nitro groups is 1. The van der Waals surface area contributed by atoms with Crippen molar-refractivity contribution in [1.29, 1.82) is 0 Å². The van der Waals surface area contributed by atoms with Gasteiger partial charge in [-0.25, -0.2) is 9.97 Å². The molecule has 0 N–H and O–H groups in total. The van der Waals surface area contributed by atoms with E-state index < -0.39 is 28.5 Å². The minimum Gasteiger partial charge on any atom is -0.397 e. The van der Waals surface area contributed by atoms with Gasteiger partial charge in [-0.05, 0) is 6.07 Å². The van der Waals surface area contributed by atoms with Gasteiger partial charge in [-0.1, -0.05) is 0 Å². The first-order valence-corrected chi connectivity index (χ1v) is 6.92. The van der Waals surface area contributed by atoms with Crippen molar-refractivity contribution < 1.29 is 23.7 Å². The van der Waals surface area contributed by atoms with E-state index in [9.17, 15) is 24.5 Å². The van der Waals surface area contributed by atoms with Gasteiger partial charge in [-0.3, -0.25) is 24.5 Å². The number of rotatable bonds is 3. The summed E-state index contributed by atoms with van der Waals surface area (Å²) >= 11 is 0. The SMILES string of the molecule is CC(=O)N(C(C)=O)N(C(C)=O)c1ccnc(-c2ccc([N+](=O)[O-])o2)n1. The summed E-state index contributed by atoms with van der Waals surface area (Å²) in [6, 6.07) is 3.73. The molecule has 0 atom stereocenters. The number of hydrazine groups is 1. The van der Waals surface area contributed by atoms with Crippen molar-refractivity contribution in [1.82, 2.24) is 15.0 Å². The van der Waals surface area contributed by atoms with Crippen LogP contribution in [0, 0.1) is 10.1 Å². The highest BCUT2D eigenvalue weighted by molar-refractivity contribution is 6.02. The van der Waals surface area contributed by atoms with Crippen LogP contribution in [0.2, 0.25) is 0 Å². The number of imide groups is 1. The lowest BCUT2D eigenvalue weighted by atomic mass is 10.4. The van der Waals surface area contributed by atoms with Crippen molar-refractivity contribution >= 4 is 29.4 Å². The largest absolute Gasteiger partial charge is 0.433 e. The number of amides is 3. The molecule has 11 heteroatoms. The van der Waals surface area contributed by atoms with Crippen molar-refractivity contribution in [3.63, 3.8) is 0 Å². The Kier molecular flexibility index (Phi) is 4.86. The monoisotopic (exact) mass is 347 g/mol. The molecule has 0 aromatic carbocycles. The van der Waals surface area contributed by atoms with Crippen LogP contribution >= 0.6 is 0 Å². The average Bonchev–Trinajstić information content (AvgIpc) is 3.01. The molecule has 0 radical (unpaired) electrons. The molecule has 0 unspecified atom stereocenters. The number of hydrogen-bond donors (Lipinski definition) is 0. The molecule has 0 bridgehead atoms. The summed E-state index contributed by atoms with van der Waals surface area (Å²) in [6.07, 6.45) is 1.26. The maximum atomic E-state index is 11.9. The topological polar surface area (TPSA) is 140 Å². The summed E-state index contributed by atoms with van der Waals surface area (Å²) in [5.41, 5.74) is 0. The Morgan fingerprint density at radius 3 is 2.20 bits per heavy atom. The number of anilines is 1. The molecular weight excluding hydrogens is 334 g/mol. The quantitative estimate of drug-likeness (QED) is 0.598. The van der Waals surface area contributed by atoms with E-state index in [1.54, 1.807) is 0 Å². The second kappa shape index (κ2) is 6.86. The fourth-order valence-corrected chi connectivity index (χ4v) is 2.04. The predicted octanol–water partition coefficient (Wildman–Crippen LogP) is 1.31. The normalized spacial score (nSPS) is 10.2. The molecule has 0 saturated carbocycles. The lowest BCUT2D eigenvalue weighted by Gasteiger charge is -2.29. The highest BCUT2D eigenvalue weighted by Crippen LogP contribution is 2.25. The van der Waals surface area contributed by atoms with Gasteiger partial charge < -0.3 is 4.42 Å². The summed E-state index contributed by atoms with van der Waals surface area (Å²) in [7, 11) is 0. The summed E-state index contributed by atoms with van der Waals surface area (Å²) in [5.74, 6) is -2.63. The molecule has 0 aliphatic carbocycles. The van der Waals surface area contributed by atoms with Gasteiger partial charge in [0.15, 0.2) is 17.4 Å². The van der Waals surface area contributed by atoms with E-state index in [0.29, 0.717) is 5.01 Å². The molecular formula is C14H13N5O6. The van der Waals surface area contributed by atoms with Gasteiger partial charge in [-0.2, -0.15) is 10.0 Å². The number of hydrogen-bond acceptors (Lipinski definition) is 8. The van der Waals surface area contributed by atoms with Gasteiger partial charge in [0.25, 0.3) is 0 Å². The molecule has 2 rings (SSSR count). The molecule has 2 aromatic rings. The van der Waals surface area contributed by atoms with Crippen LogP contribution in [-0.2, 0) is 14.4 Å². The van der Waals surface area contributed by atoms with Crippen LogP contribution in [0.25, 0.3) is 11.6 Å². The minimum atomic E-state index is -0.720. The van der Waals surface area contributed by atoms with Crippen molar-refractivity contribution in [2.45, 2.75) is 20.8 Å². The maximum absolute atomic E-state index is 11.9. The first-order chi connectivity index (χ1) is 11.7. The van der Waals surface area contributed by atoms with E-state index in [-0.39, 0.29) is 17.4 Å². The number of nitrogens with zero attached hydrogens (tertiary/aromatic N) is 5. The highest BCUT2D eigenvalue weighted by Gasteiger charge is 2.28. The van der Waals surface area contributed by atoms with Gasteiger partial charge in [0.2, 0.25) is 17.7 Å². The molecule has 0 aliphatic rings. The highest BCUT2D eigenvalue weighted by atomic mass is 16.6. The molecule has 0 saturated heterocycles. The zero-order chi connectivity index (χ0) is 18.7. The Bertz CT molecular complexity index is 847. The zero-order valence-corrected chi connectivity index (χ0v) is 13.5. The molecule has 130 valence electrons. The third kappa shape index (κ3) is 3.65. The van der Waals surface area contributed by atoms with E-state index in [4.69, 9.17) is 4.42 Å². The van der Waals surface area contributed by atoms with Gasteiger partial charge in [-0.15, -0.1) is 0 Å². The molecule has 11 nitrogen and oxygen atoms in total. The Balaban J connectivity index is 2.50. The third-order valence-corrected chi connectivity index (χ3v) is 2.94. The van der Waals surface area contributed by atoms with Crippen LogP contribution in [0.3, 0.4) is 0 Å². The van der Waals surface area contributed by atoms with Gasteiger partial charge in [0.05, 0.1) is 6.07 Å². The summed E-state index contributed by atoms with van der Waals surface area (Å²) in [4.78, 5) is 53.3. The van der Waals surface area contributed by atoms with Crippen LogP contribution in [-0.4, -0.2) is 37.6 Å². The van der Waals surface area contributed by atoms with Crippen molar-refractivity contribution in [2.24, 2.45) is 0 Å². The van der Waals surface area contributed by atoms with E-state index in [1.165, 1.54) is 18.3 Å². The number of carbonyl (C=O) groups excluding carboxylic acids is 3. The smallest absolute Gasteiger partial charge is 0.397 e. The second-order valence-electron chi connectivity index (χ2n) is 4.81. The third-order valence-electron chi connectivity index (χ3n) is 2.94. The number of aromatic nitrogens is 2. The van der Waals surface area contributed by atoms with Crippen molar-refractivity contribution in [2.75, 3.05) is 5.01 Å². The van der Waals surface area contributed by atoms with E-state index >= 15 is 0 Å². The number of carbonyl (C=O) groups is 3. The van der Waals surface area contributed by atoms with Gasteiger partial charge in [0.1, 0.15) is 4.92 Å². The zero-order valence-electron chi connectivity index (χ0n) is 13.5. The van der Waals surface area contributed by atoms with Crippen molar-refractivity contribution in [3.05, 3.63) is 34.5 Å². The summed E-state index contributed by atoms with van der Waals surface area (Å²) in [5, 5.41) is 12.1. The van der Waals surface area contributed by atoms with Gasteiger partial charge in [0, 0.05) is 33.0 Å². The maximum Gasteiger partial charge on any atom is 0.433 e. The fourth-order valence-electron chi connectivity index (χ4n) is 2.04. The standard InChI is InChI=1S/C14H13N5O6/c1-8(20)17(9(2)21)18(10(3)22)12-6-7-15-14(16-12)11-4-5-13(25-11)19(23)24/h4-7H,1-3H3. The van der Waals surface area contributed by atoms with E-state index in [0.717, 1.165) is 31.8 Å². The second-order valence-corrected chi connectivity index (χ2v) is 4.81. The van der Waals surface area contributed by atoms with Crippen LogP contribution in [0.15, 0.2) is 28.8 Å². The molecule has 25 heavy (non-hydrogen) atoms. The van der Waals surface area contributed by atoms with Crippen LogP contribution in [0.1, 0.15) is 20.8 Å². The van der Waals surface area contributed by atoms with Crippen LogP contribution in [0.5, 0.6) is 0 Å². The molecule has 0 aliphatic heterocycles. The molecule has 2 aromatic heterocycles. The Labute approximate surface area is 141 Å². The molecule has 0 fully saturated rings. The van der Waals surface area contributed by atoms with Crippen LogP contribution < -0.4 is 5.01 Å². The lowest BCUT2D eigenvalue weighted by Crippen LogP contribution is -2.51. The first-order valence-electron chi connectivity index (χ1n) is 6.92. The summed E-state index contributed by atoms with van der Waals surface area (Å²) < 4.78 is 5.01. The molecule has 2 heterocycles. The molecule has 3 amide bonds. The number of furan rings is 1. The Morgan fingerprint density at radius 2 is 1.72 bits per heavy atom. The minimum absolute atomic E-state index is 0.00532. The predicted molar refractivity (Wildman–Crippen MR) is 82.7 cm³/mol. The fraction of sp³-hybridized carbons (Fsp3) is 0.214. The Hall–Kier alpha value is -3.63. The van der Waals surface area contributed by atoms with Crippen molar-refractivity contribution in [3.8, 4) is 11.6 Å². The Morgan fingerprint density at radius 1 is 1.08 bits per heavy atom. The van der Waals surface area contributed by atoms with Crippen LogP contribution in [0.4, 0.5) is 11.7 Å².